The SMILES string of the molecule is COc1c(Br)cc(Br)c(O)c1-c1[nH]c(Br)c(Br)c1Br. The molecule has 0 saturated carbocycles. The van der Waals surface area contributed by atoms with Crippen LogP contribution in [-0.4, -0.2) is 17.2 Å². The molecular formula is C11H6Br5NO2. The predicted octanol–water partition coefficient (Wildman–Crippen LogP) is 6.21. The maximum Gasteiger partial charge on any atom is 0.146 e. The number of nitrogens with one attached hydrogen (secondary N) is 1. The van der Waals surface area contributed by atoms with Crippen molar-refractivity contribution in [3.05, 3.63) is 28.6 Å². The van der Waals surface area contributed by atoms with Crippen LogP contribution in [0.3, 0.4) is 0 Å². The molecule has 2 aromatic rings. The normalized spacial score (nSPS) is 10.8. The van der Waals surface area contributed by atoms with Crippen LogP contribution in [0.15, 0.2) is 28.6 Å². The van der Waals surface area contributed by atoms with Gasteiger partial charge in [-0.1, -0.05) is 0 Å². The van der Waals surface area contributed by atoms with Crippen LogP contribution >= 0.6 is 79.6 Å². The highest BCUT2D eigenvalue weighted by Gasteiger charge is 2.23. The van der Waals surface area contributed by atoms with Gasteiger partial charge in [0.2, 0.25) is 0 Å². The van der Waals surface area contributed by atoms with E-state index in [1.807, 2.05) is 0 Å². The van der Waals surface area contributed by atoms with Crippen LogP contribution in [0.4, 0.5) is 0 Å². The summed E-state index contributed by atoms with van der Waals surface area (Å²) in [4.78, 5) is 3.14. The van der Waals surface area contributed by atoms with Crippen molar-refractivity contribution in [1.82, 2.24) is 4.98 Å². The summed E-state index contributed by atoms with van der Waals surface area (Å²) < 4.78 is 9.08. The molecule has 0 aliphatic carbocycles. The molecule has 1 aromatic carbocycles. The minimum atomic E-state index is 0.0991. The molecule has 0 radical (unpaired) electrons. The van der Waals surface area contributed by atoms with E-state index >= 15 is 0 Å². The maximum atomic E-state index is 10.3. The third-order valence-electron chi connectivity index (χ3n) is 2.45. The van der Waals surface area contributed by atoms with Gasteiger partial charge in [-0.3, -0.25) is 0 Å². The van der Waals surface area contributed by atoms with Crippen LogP contribution in [0.1, 0.15) is 0 Å². The molecule has 0 saturated heterocycles. The summed E-state index contributed by atoms with van der Waals surface area (Å²) in [6.07, 6.45) is 0. The smallest absolute Gasteiger partial charge is 0.146 e. The monoisotopic (exact) mass is 579 g/mol. The van der Waals surface area contributed by atoms with E-state index in [2.05, 4.69) is 84.6 Å². The number of ether oxygens (including phenoxy) is 1. The lowest BCUT2D eigenvalue weighted by molar-refractivity contribution is 0.407. The van der Waals surface area contributed by atoms with E-state index in [-0.39, 0.29) is 5.75 Å². The lowest BCUT2D eigenvalue weighted by Gasteiger charge is -2.13. The predicted molar refractivity (Wildman–Crippen MR) is 92.9 cm³/mol. The fraction of sp³-hybridized carbons (Fsp3) is 0.0909. The van der Waals surface area contributed by atoms with Gasteiger partial charge in [0.1, 0.15) is 11.5 Å². The number of benzene rings is 1. The van der Waals surface area contributed by atoms with Crippen molar-refractivity contribution in [1.29, 1.82) is 0 Å². The highest BCUT2D eigenvalue weighted by molar-refractivity contribution is 9.14. The van der Waals surface area contributed by atoms with Crippen LogP contribution in [-0.2, 0) is 0 Å². The minimum Gasteiger partial charge on any atom is -0.506 e. The van der Waals surface area contributed by atoms with Gasteiger partial charge in [0, 0.05) is 0 Å². The Kier molecular flexibility index (Phi) is 5.09. The fourth-order valence-corrected chi connectivity index (χ4v) is 4.40. The van der Waals surface area contributed by atoms with E-state index in [4.69, 9.17) is 4.74 Å². The second-order valence-electron chi connectivity index (χ2n) is 3.54. The first-order valence-corrected chi connectivity index (χ1v) is 8.82. The Morgan fingerprint density at radius 3 is 2.16 bits per heavy atom. The lowest BCUT2D eigenvalue weighted by Crippen LogP contribution is -1.92. The van der Waals surface area contributed by atoms with Gasteiger partial charge in [-0.05, 0) is 85.7 Å². The average Bonchev–Trinajstić information content (AvgIpc) is 2.61. The molecule has 0 amide bonds. The quantitative estimate of drug-likeness (QED) is 0.442. The van der Waals surface area contributed by atoms with Crippen molar-refractivity contribution >= 4 is 79.6 Å². The Morgan fingerprint density at radius 1 is 1.05 bits per heavy atom. The zero-order valence-corrected chi connectivity index (χ0v) is 17.3. The Morgan fingerprint density at radius 2 is 1.68 bits per heavy atom. The molecule has 0 spiro atoms. The first-order valence-electron chi connectivity index (χ1n) is 4.86. The number of phenols is 1. The number of halogens is 5. The number of hydrogen-bond donors (Lipinski definition) is 2. The Hall–Kier alpha value is 0.500. The molecule has 3 nitrogen and oxygen atoms in total. The third kappa shape index (κ3) is 2.79. The summed E-state index contributed by atoms with van der Waals surface area (Å²) in [6, 6.07) is 1.73. The molecule has 102 valence electrons. The number of methoxy groups -OCH3 is 1. The van der Waals surface area contributed by atoms with Crippen molar-refractivity contribution in [2.75, 3.05) is 7.11 Å². The molecule has 2 N–H and O–H groups in total. The number of aromatic nitrogens is 1. The second kappa shape index (κ2) is 6.09. The van der Waals surface area contributed by atoms with Crippen LogP contribution in [0.2, 0.25) is 0 Å². The third-order valence-corrected chi connectivity index (χ3v) is 6.89. The highest BCUT2D eigenvalue weighted by atomic mass is 79.9. The molecule has 1 aromatic heterocycles. The molecule has 1 heterocycles. The average molecular weight is 584 g/mol. The van der Waals surface area contributed by atoms with Crippen molar-refractivity contribution in [2.24, 2.45) is 0 Å². The topological polar surface area (TPSA) is 45.2 Å². The van der Waals surface area contributed by atoms with Gasteiger partial charge < -0.3 is 14.8 Å². The van der Waals surface area contributed by atoms with Gasteiger partial charge in [0.15, 0.2) is 0 Å². The summed E-state index contributed by atoms with van der Waals surface area (Å²) in [5.41, 5.74) is 1.26. The molecule has 0 atom stereocenters. The zero-order chi connectivity index (χ0) is 14.3. The van der Waals surface area contributed by atoms with Crippen LogP contribution < -0.4 is 4.74 Å². The standard InChI is InChI=1S/C11H6Br5NO2/c1-19-10-4(13)2-3(12)9(18)5(10)8-6(14)7(15)11(16)17-8/h2,17-18H,1H3. The van der Waals surface area contributed by atoms with Gasteiger partial charge in [-0.2, -0.15) is 0 Å². The second-order valence-corrected chi connectivity index (χ2v) is 7.63. The molecule has 8 heteroatoms. The van der Waals surface area contributed by atoms with E-state index in [1.54, 1.807) is 13.2 Å². The Bertz CT molecular complexity index is 653. The van der Waals surface area contributed by atoms with Crippen molar-refractivity contribution in [3.63, 3.8) is 0 Å². The molecule has 0 aliphatic heterocycles. The largest absolute Gasteiger partial charge is 0.506 e. The van der Waals surface area contributed by atoms with Gasteiger partial charge in [-0.15, -0.1) is 0 Å². The Labute approximate surface area is 151 Å². The zero-order valence-electron chi connectivity index (χ0n) is 9.32. The van der Waals surface area contributed by atoms with E-state index in [0.717, 1.165) is 18.0 Å². The summed E-state index contributed by atoms with van der Waals surface area (Å²) in [5.74, 6) is 0.643. The van der Waals surface area contributed by atoms with Crippen LogP contribution in [0, 0.1) is 0 Å². The maximum absolute atomic E-state index is 10.3. The van der Waals surface area contributed by atoms with Crippen LogP contribution in [0.25, 0.3) is 11.3 Å². The number of rotatable bonds is 2. The molecular weight excluding hydrogens is 578 g/mol. The number of H-pyrrole nitrogens is 1. The molecule has 0 bridgehead atoms. The van der Waals surface area contributed by atoms with Gasteiger partial charge in [0.25, 0.3) is 0 Å². The highest BCUT2D eigenvalue weighted by Crippen LogP contribution is 2.50. The fourth-order valence-electron chi connectivity index (χ4n) is 1.62. The van der Waals surface area contributed by atoms with E-state index in [0.29, 0.717) is 21.5 Å². The summed E-state index contributed by atoms with van der Waals surface area (Å²) in [5, 5.41) is 10.3. The Balaban J connectivity index is 2.84. The lowest BCUT2D eigenvalue weighted by atomic mass is 10.1. The van der Waals surface area contributed by atoms with Gasteiger partial charge in [0.05, 0.1) is 40.9 Å². The number of hydrogen-bond acceptors (Lipinski definition) is 2. The number of aromatic amines is 1. The summed E-state index contributed by atoms with van der Waals surface area (Å²) >= 11 is 17.0. The van der Waals surface area contributed by atoms with Crippen molar-refractivity contribution < 1.29 is 9.84 Å². The number of phenolic OH excluding ortho intramolecular Hbond substituents is 1. The first-order chi connectivity index (χ1) is 8.88. The van der Waals surface area contributed by atoms with E-state index in [1.165, 1.54) is 0 Å². The van der Waals surface area contributed by atoms with E-state index < -0.39 is 0 Å². The van der Waals surface area contributed by atoms with Crippen molar-refractivity contribution in [2.45, 2.75) is 0 Å². The molecule has 2 rings (SSSR count). The molecule has 0 fully saturated rings. The molecule has 0 unspecified atom stereocenters. The van der Waals surface area contributed by atoms with E-state index in [9.17, 15) is 5.11 Å². The van der Waals surface area contributed by atoms with Crippen molar-refractivity contribution in [3.8, 4) is 22.8 Å². The van der Waals surface area contributed by atoms with Gasteiger partial charge >= 0.3 is 0 Å². The van der Waals surface area contributed by atoms with Gasteiger partial charge in [-0.25, -0.2) is 0 Å². The minimum absolute atomic E-state index is 0.0991. The first kappa shape index (κ1) is 15.9. The molecule has 0 aliphatic rings. The van der Waals surface area contributed by atoms with Crippen LogP contribution in [0.5, 0.6) is 11.5 Å². The summed E-state index contributed by atoms with van der Waals surface area (Å²) in [7, 11) is 1.55. The summed E-state index contributed by atoms with van der Waals surface area (Å²) in [6.45, 7) is 0. The molecule has 19 heavy (non-hydrogen) atoms. The number of aromatic hydroxyl groups is 1.